The standard InChI is InChI=1S/C22H22N6O3/c1-31-17-7-5-16(6-8-17)24-21(29)20-26-25-19-10-14-11-27(12-15(14)13-28(19)20)22(30)18-4-2-3-9-23-18/h2-9,14-15H,10-13H2,1H3,(H,24,29)/t14-,15+/m0/s1. The maximum atomic E-state index is 12.8. The second-order valence-corrected chi connectivity index (χ2v) is 7.88. The zero-order valence-corrected chi connectivity index (χ0v) is 17.1. The fraction of sp³-hybridized carbons (Fsp3) is 0.318. The van der Waals surface area contributed by atoms with Crippen LogP contribution in [0.5, 0.6) is 5.75 Å². The van der Waals surface area contributed by atoms with Crippen molar-refractivity contribution in [3.8, 4) is 5.75 Å². The number of nitrogens with one attached hydrogen (secondary N) is 1. The van der Waals surface area contributed by atoms with Gasteiger partial charge in [-0.3, -0.25) is 14.6 Å². The molecule has 2 aliphatic heterocycles. The number of carbonyl (C=O) groups is 2. The molecule has 5 rings (SSSR count). The first kappa shape index (κ1) is 19.2. The third-order valence-electron chi connectivity index (χ3n) is 5.99. The summed E-state index contributed by atoms with van der Waals surface area (Å²) in [6, 6.07) is 12.5. The van der Waals surface area contributed by atoms with Crippen LogP contribution in [0.3, 0.4) is 0 Å². The van der Waals surface area contributed by atoms with Crippen LogP contribution in [0.4, 0.5) is 5.69 Å². The molecule has 0 radical (unpaired) electrons. The van der Waals surface area contributed by atoms with E-state index in [-0.39, 0.29) is 17.7 Å². The van der Waals surface area contributed by atoms with Crippen molar-refractivity contribution in [1.82, 2.24) is 24.6 Å². The Labute approximate surface area is 179 Å². The van der Waals surface area contributed by atoms with Gasteiger partial charge in [-0.2, -0.15) is 0 Å². The molecule has 2 aliphatic rings. The lowest BCUT2D eigenvalue weighted by Gasteiger charge is -2.25. The lowest BCUT2D eigenvalue weighted by atomic mass is 9.89. The van der Waals surface area contributed by atoms with Crippen LogP contribution in [-0.4, -0.2) is 56.7 Å². The van der Waals surface area contributed by atoms with Crippen LogP contribution in [0.25, 0.3) is 0 Å². The number of nitrogens with zero attached hydrogens (tertiary/aromatic N) is 5. The number of anilines is 1. The van der Waals surface area contributed by atoms with Crippen molar-refractivity contribution >= 4 is 17.5 Å². The molecule has 4 heterocycles. The second-order valence-electron chi connectivity index (χ2n) is 7.88. The third kappa shape index (κ3) is 3.63. The summed E-state index contributed by atoms with van der Waals surface area (Å²) in [6.07, 6.45) is 2.32. The van der Waals surface area contributed by atoms with Crippen molar-refractivity contribution in [3.05, 3.63) is 66.0 Å². The van der Waals surface area contributed by atoms with E-state index in [1.54, 1.807) is 49.7 Å². The summed E-state index contributed by atoms with van der Waals surface area (Å²) in [5.74, 6) is 2.00. The summed E-state index contributed by atoms with van der Waals surface area (Å²) in [4.78, 5) is 31.6. The third-order valence-corrected chi connectivity index (χ3v) is 5.99. The minimum Gasteiger partial charge on any atom is -0.497 e. The SMILES string of the molecule is COc1ccc(NC(=O)c2nnc3n2C[C@H]2CN(C(=O)c4ccccn4)C[C@@H]2C3)cc1. The largest absolute Gasteiger partial charge is 0.497 e. The van der Waals surface area contributed by atoms with Crippen LogP contribution in [-0.2, 0) is 13.0 Å². The average Bonchev–Trinajstić information content (AvgIpc) is 3.41. The van der Waals surface area contributed by atoms with Crippen molar-refractivity contribution in [2.45, 2.75) is 13.0 Å². The fourth-order valence-electron chi connectivity index (χ4n) is 4.37. The number of pyridine rings is 1. The minimum absolute atomic E-state index is 0.0526. The summed E-state index contributed by atoms with van der Waals surface area (Å²) >= 11 is 0. The lowest BCUT2D eigenvalue weighted by molar-refractivity contribution is 0.0777. The predicted octanol–water partition coefficient (Wildman–Crippen LogP) is 1.88. The predicted molar refractivity (Wildman–Crippen MR) is 112 cm³/mol. The number of carbonyl (C=O) groups excluding carboxylic acids is 2. The number of rotatable bonds is 4. The Balaban J connectivity index is 1.29. The molecule has 0 bridgehead atoms. The number of ether oxygens (including phenoxy) is 1. The Bertz CT molecular complexity index is 1110. The Morgan fingerprint density at radius 2 is 1.84 bits per heavy atom. The smallest absolute Gasteiger partial charge is 0.293 e. The molecule has 0 saturated carbocycles. The number of likely N-dealkylation sites (tertiary alicyclic amines) is 1. The molecular formula is C22H22N6O3. The number of benzene rings is 1. The monoisotopic (exact) mass is 418 g/mol. The van der Waals surface area contributed by atoms with Crippen LogP contribution in [0.1, 0.15) is 26.9 Å². The van der Waals surface area contributed by atoms with Gasteiger partial charge in [-0.25, -0.2) is 0 Å². The molecule has 31 heavy (non-hydrogen) atoms. The number of aromatic nitrogens is 4. The molecule has 1 N–H and O–H groups in total. The van der Waals surface area contributed by atoms with E-state index in [2.05, 4.69) is 20.5 Å². The van der Waals surface area contributed by atoms with Gasteiger partial charge in [0.25, 0.3) is 11.8 Å². The maximum absolute atomic E-state index is 12.8. The fourth-order valence-corrected chi connectivity index (χ4v) is 4.37. The molecule has 1 aromatic carbocycles. The summed E-state index contributed by atoms with van der Waals surface area (Å²) in [5, 5.41) is 11.3. The quantitative estimate of drug-likeness (QED) is 0.694. The molecule has 158 valence electrons. The minimum atomic E-state index is -0.304. The molecule has 3 aromatic rings. The van der Waals surface area contributed by atoms with Gasteiger partial charge in [-0.05, 0) is 48.2 Å². The second kappa shape index (κ2) is 7.82. The van der Waals surface area contributed by atoms with E-state index in [1.807, 2.05) is 15.5 Å². The number of amides is 2. The van der Waals surface area contributed by atoms with Gasteiger partial charge in [0.2, 0.25) is 5.82 Å². The number of methoxy groups -OCH3 is 1. The van der Waals surface area contributed by atoms with E-state index in [4.69, 9.17) is 4.74 Å². The number of hydrogen-bond acceptors (Lipinski definition) is 6. The van der Waals surface area contributed by atoms with Crippen LogP contribution in [0, 0.1) is 11.8 Å². The summed E-state index contributed by atoms with van der Waals surface area (Å²) in [7, 11) is 1.59. The zero-order valence-electron chi connectivity index (χ0n) is 17.1. The Morgan fingerprint density at radius 1 is 1.03 bits per heavy atom. The normalized spacial score (nSPS) is 19.5. The zero-order chi connectivity index (χ0) is 21.4. The van der Waals surface area contributed by atoms with Crippen molar-refractivity contribution in [2.75, 3.05) is 25.5 Å². The van der Waals surface area contributed by atoms with Crippen LogP contribution in [0.2, 0.25) is 0 Å². The van der Waals surface area contributed by atoms with Gasteiger partial charge < -0.3 is 19.5 Å². The first-order valence-corrected chi connectivity index (χ1v) is 10.2. The topological polar surface area (TPSA) is 102 Å². The first-order chi connectivity index (χ1) is 15.1. The van der Waals surface area contributed by atoms with Gasteiger partial charge >= 0.3 is 0 Å². The molecule has 2 atom stereocenters. The van der Waals surface area contributed by atoms with Crippen LogP contribution < -0.4 is 10.1 Å². The van der Waals surface area contributed by atoms with Crippen LogP contribution >= 0.6 is 0 Å². The maximum Gasteiger partial charge on any atom is 0.293 e. The molecule has 1 saturated heterocycles. The molecule has 2 amide bonds. The summed E-state index contributed by atoms with van der Waals surface area (Å²) in [6.45, 7) is 1.92. The first-order valence-electron chi connectivity index (χ1n) is 10.2. The molecule has 0 spiro atoms. The summed E-state index contributed by atoms with van der Waals surface area (Å²) in [5.41, 5.74) is 1.12. The van der Waals surface area contributed by atoms with Gasteiger partial charge in [0.05, 0.1) is 7.11 Å². The highest BCUT2D eigenvalue weighted by molar-refractivity contribution is 6.01. The van der Waals surface area contributed by atoms with Gasteiger partial charge in [-0.1, -0.05) is 6.07 Å². The molecule has 9 heteroatoms. The van der Waals surface area contributed by atoms with E-state index < -0.39 is 0 Å². The molecule has 2 aromatic heterocycles. The van der Waals surface area contributed by atoms with Gasteiger partial charge in [0.15, 0.2) is 0 Å². The molecule has 1 fully saturated rings. The highest BCUT2D eigenvalue weighted by Gasteiger charge is 2.41. The van der Waals surface area contributed by atoms with Crippen molar-refractivity contribution in [3.63, 3.8) is 0 Å². The number of fused-ring (bicyclic) bond motifs is 2. The Hall–Kier alpha value is -3.75. The highest BCUT2D eigenvalue weighted by atomic mass is 16.5. The van der Waals surface area contributed by atoms with E-state index in [9.17, 15) is 9.59 Å². The van der Waals surface area contributed by atoms with Crippen molar-refractivity contribution < 1.29 is 14.3 Å². The average molecular weight is 418 g/mol. The highest BCUT2D eigenvalue weighted by Crippen LogP contribution is 2.33. The lowest BCUT2D eigenvalue weighted by Crippen LogP contribution is -2.31. The van der Waals surface area contributed by atoms with E-state index in [0.29, 0.717) is 49.2 Å². The van der Waals surface area contributed by atoms with E-state index in [0.717, 1.165) is 11.6 Å². The summed E-state index contributed by atoms with van der Waals surface area (Å²) < 4.78 is 7.03. The van der Waals surface area contributed by atoms with E-state index >= 15 is 0 Å². The van der Waals surface area contributed by atoms with Gasteiger partial charge in [-0.15, -0.1) is 10.2 Å². The van der Waals surface area contributed by atoms with Crippen LogP contribution in [0.15, 0.2) is 48.7 Å². The van der Waals surface area contributed by atoms with Crippen molar-refractivity contribution in [1.29, 1.82) is 0 Å². The van der Waals surface area contributed by atoms with E-state index in [1.165, 1.54) is 0 Å². The number of hydrogen-bond donors (Lipinski definition) is 1. The Morgan fingerprint density at radius 3 is 2.58 bits per heavy atom. The Kier molecular flexibility index (Phi) is 4.85. The molecular weight excluding hydrogens is 396 g/mol. The van der Waals surface area contributed by atoms with Gasteiger partial charge in [0.1, 0.15) is 17.3 Å². The van der Waals surface area contributed by atoms with Crippen molar-refractivity contribution in [2.24, 2.45) is 11.8 Å². The molecule has 0 aliphatic carbocycles. The molecule has 9 nitrogen and oxygen atoms in total. The van der Waals surface area contributed by atoms with Gasteiger partial charge in [0, 0.05) is 37.9 Å². The molecule has 0 unspecified atom stereocenters.